The molecule has 0 aromatic heterocycles. The lowest BCUT2D eigenvalue weighted by atomic mass is 10.2. The van der Waals surface area contributed by atoms with E-state index in [1.807, 2.05) is 18.2 Å². The monoisotopic (exact) mass is 302 g/mol. The van der Waals surface area contributed by atoms with Gasteiger partial charge in [-0.3, -0.25) is 0 Å². The summed E-state index contributed by atoms with van der Waals surface area (Å²) in [7, 11) is 1.66. The molecule has 0 saturated heterocycles. The second kappa shape index (κ2) is 8.50. The standard InChI is InChI=1S/C13H19BrO3/c1-3-6-16-7-8-17-10-11-9-12(14)4-5-13(11)15-2/h4-5,9H,3,6-8,10H2,1-2H3. The van der Waals surface area contributed by atoms with Gasteiger partial charge in [-0.05, 0) is 24.6 Å². The van der Waals surface area contributed by atoms with E-state index in [2.05, 4.69) is 22.9 Å². The Morgan fingerprint density at radius 3 is 2.59 bits per heavy atom. The number of rotatable bonds is 8. The van der Waals surface area contributed by atoms with E-state index in [-0.39, 0.29) is 0 Å². The van der Waals surface area contributed by atoms with Crippen LogP contribution in [0, 0.1) is 0 Å². The van der Waals surface area contributed by atoms with Crippen LogP contribution in [0.25, 0.3) is 0 Å². The fourth-order valence-electron chi connectivity index (χ4n) is 1.41. The van der Waals surface area contributed by atoms with E-state index in [9.17, 15) is 0 Å². The smallest absolute Gasteiger partial charge is 0.124 e. The molecular formula is C13H19BrO3. The lowest BCUT2D eigenvalue weighted by Gasteiger charge is -2.09. The second-order valence-corrected chi connectivity index (χ2v) is 4.54. The second-order valence-electron chi connectivity index (χ2n) is 3.62. The zero-order chi connectivity index (χ0) is 12.5. The maximum atomic E-state index is 5.54. The quantitative estimate of drug-likeness (QED) is 0.689. The zero-order valence-electron chi connectivity index (χ0n) is 10.4. The molecule has 0 aliphatic carbocycles. The molecule has 96 valence electrons. The Hall–Kier alpha value is -0.580. The highest BCUT2D eigenvalue weighted by atomic mass is 79.9. The first kappa shape index (κ1) is 14.5. The van der Waals surface area contributed by atoms with Gasteiger partial charge in [-0.25, -0.2) is 0 Å². The molecule has 3 nitrogen and oxygen atoms in total. The Morgan fingerprint density at radius 2 is 1.88 bits per heavy atom. The minimum Gasteiger partial charge on any atom is -0.496 e. The Labute approximate surface area is 111 Å². The molecule has 0 bridgehead atoms. The van der Waals surface area contributed by atoms with Gasteiger partial charge in [0.25, 0.3) is 0 Å². The Balaban J connectivity index is 2.32. The number of methoxy groups -OCH3 is 1. The highest BCUT2D eigenvalue weighted by Crippen LogP contribution is 2.23. The van der Waals surface area contributed by atoms with Crippen molar-refractivity contribution >= 4 is 15.9 Å². The Kier molecular flexibility index (Phi) is 7.24. The summed E-state index contributed by atoms with van der Waals surface area (Å²) < 4.78 is 17.2. The molecule has 4 heteroatoms. The van der Waals surface area contributed by atoms with Gasteiger partial charge in [0, 0.05) is 16.6 Å². The van der Waals surface area contributed by atoms with Gasteiger partial charge in [0.1, 0.15) is 5.75 Å². The van der Waals surface area contributed by atoms with Crippen molar-refractivity contribution in [3.05, 3.63) is 28.2 Å². The number of hydrogen-bond acceptors (Lipinski definition) is 3. The van der Waals surface area contributed by atoms with Crippen molar-refractivity contribution in [3.63, 3.8) is 0 Å². The molecule has 0 unspecified atom stereocenters. The third-order valence-electron chi connectivity index (χ3n) is 2.22. The maximum absolute atomic E-state index is 5.54. The van der Waals surface area contributed by atoms with E-state index in [1.165, 1.54) is 0 Å². The van der Waals surface area contributed by atoms with Gasteiger partial charge in [-0.1, -0.05) is 22.9 Å². The summed E-state index contributed by atoms with van der Waals surface area (Å²) in [4.78, 5) is 0. The van der Waals surface area contributed by atoms with Crippen molar-refractivity contribution in [2.75, 3.05) is 26.9 Å². The van der Waals surface area contributed by atoms with E-state index in [0.29, 0.717) is 19.8 Å². The molecule has 17 heavy (non-hydrogen) atoms. The van der Waals surface area contributed by atoms with E-state index < -0.39 is 0 Å². The SMILES string of the molecule is CCCOCCOCc1cc(Br)ccc1OC. The molecule has 0 aliphatic heterocycles. The largest absolute Gasteiger partial charge is 0.496 e. The molecule has 0 saturated carbocycles. The molecule has 0 fully saturated rings. The summed E-state index contributed by atoms with van der Waals surface area (Å²) in [5, 5.41) is 0. The topological polar surface area (TPSA) is 27.7 Å². The van der Waals surface area contributed by atoms with E-state index in [1.54, 1.807) is 7.11 Å². The maximum Gasteiger partial charge on any atom is 0.124 e. The Morgan fingerprint density at radius 1 is 1.12 bits per heavy atom. The van der Waals surface area contributed by atoms with Crippen LogP contribution < -0.4 is 4.74 Å². The van der Waals surface area contributed by atoms with Crippen LogP contribution >= 0.6 is 15.9 Å². The summed E-state index contributed by atoms with van der Waals surface area (Å²) in [6, 6.07) is 5.88. The first-order valence-electron chi connectivity index (χ1n) is 5.75. The van der Waals surface area contributed by atoms with Gasteiger partial charge in [0.05, 0.1) is 26.9 Å². The van der Waals surface area contributed by atoms with Crippen LogP contribution in [0.5, 0.6) is 5.75 Å². The predicted octanol–water partition coefficient (Wildman–Crippen LogP) is 3.40. The molecule has 1 aromatic carbocycles. The number of benzene rings is 1. The molecule has 0 amide bonds. The average molecular weight is 303 g/mol. The third-order valence-corrected chi connectivity index (χ3v) is 2.71. The minimum atomic E-state index is 0.540. The number of hydrogen-bond donors (Lipinski definition) is 0. The highest BCUT2D eigenvalue weighted by molar-refractivity contribution is 9.10. The summed E-state index contributed by atoms with van der Waals surface area (Å²) >= 11 is 3.43. The van der Waals surface area contributed by atoms with Crippen LogP contribution in [0.3, 0.4) is 0 Å². The number of ether oxygens (including phenoxy) is 3. The summed E-state index contributed by atoms with van der Waals surface area (Å²) in [5.41, 5.74) is 1.04. The molecule has 0 aliphatic rings. The van der Waals surface area contributed by atoms with Crippen molar-refractivity contribution < 1.29 is 14.2 Å². The third kappa shape index (κ3) is 5.52. The van der Waals surface area contributed by atoms with Crippen LogP contribution in [0.2, 0.25) is 0 Å². The Bertz CT molecular complexity index is 328. The van der Waals surface area contributed by atoms with Crippen molar-refractivity contribution in [2.45, 2.75) is 20.0 Å². The number of halogens is 1. The summed E-state index contributed by atoms with van der Waals surface area (Å²) in [6.07, 6.45) is 1.04. The lowest BCUT2D eigenvalue weighted by molar-refractivity contribution is 0.0402. The van der Waals surface area contributed by atoms with Gasteiger partial charge in [-0.15, -0.1) is 0 Å². The van der Waals surface area contributed by atoms with Crippen molar-refractivity contribution in [3.8, 4) is 5.75 Å². The van der Waals surface area contributed by atoms with Crippen molar-refractivity contribution in [1.82, 2.24) is 0 Å². The van der Waals surface area contributed by atoms with Crippen LogP contribution in [0.1, 0.15) is 18.9 Å². The fourth-order valence-corrected chi connectivity index (χ4v) is 1.81. The van der Waals surface area contributed by atoms with Gasteiger partial charge >= 0.3 is 0 Å². The molecule has 0 N–H and O–H groups in total. The van der Waals surface area contributed by atoms with Gasteiger partial charge in [0.2, 0.25) is 0 Å². The zero-order valence-corrected chi connectivity index (χ0v) is 12.0. The molecule has 1 aromatic rings. The molecule has 0 spiro atoms. The first-order chi connectivity index (χ1) is 8.27. The summed E-state index contributed by atoms with van der Waals surface area (Å²) in [5.74, 6) is 0.850. The molecular weight excluding hydrogens is 284 g/mol. The van der Waals surface area contributed by atoms with Crippen molar-refractivity contribution in [1.29, 1.82) is 0 Å². The lowest BCUT2D eigenvalue weighted by Crippen LogP contribution is -2.05. The van der Waals surface area contributed by atoms with Crippen LogP contribution in [0.4, 0.5) is 0 Å². The highest BCUT2D eigenvalue weighted by Gasteiger charge is 2.03. The van der Waals surface area contributed by atoms with Crippen LogP contribution in [-0.2, 0) is 16.1 Å². The van der Waals surface area contributed by atoms with Gasteiger partial charge in [0.15, 0.2) is 0 Å². The molecule has 1 rings (SSSR count). The van der Waals surface area contributed by atoms with E-state index in [4.69, 9.17) is 14.2 Å². The van der Waals surface area contributed by atoms with Gasteiger partial charge < -0.3 is 14.2 Å². The van der Waals surface area contributed by atoms with Crippen molar-refractivity contribution in [2.24, 2.45) is 0 Å². The minimum absolute atomic E-state index is 0.540. The van der Waals surface area contributed by atoms with E-state index in [0.717, 1.165) is 28.8 Å². The first-order valence-corrected chi connectivity index (χ1v) is 6.55. The molecule has 0 atom stereocenters. The van der Waals surface area contributed by atoms with Crippen LogP contribution in [-0.4, -0.2) is 26.9 Å². The average Bonchev–Trinajstić information content (AvgIpc) is 2.34. The fraction of sp³-hybridized carbons (Fsp3) is 0.538. The molecule has 0 radical (unpaired) electrons. The van der Waals surface area contributed by atoms with Gasteiger partial charge in [-0.2, -0.15) is 0 Å². The van der Waals surface area contributed by atoms with E-state index >= 15 is 0 Å². The normalized spacial score (nSPS) is 10.5. The summed E-state index contributed by atoms with van der Waals surface area (Å²) in [6.45, 7) is 4.68. The predicted molar refractivity (Wildman–Crippen MR) is 71.5 cm³/mol. The van der Waals surface area contributed by atoms with Crippen LogP contribution in [0.15, 0.2) is 22.7 Å². The molecule has 0 heterocycles.